The summed E-state index contributed by atoms with van der Waals surface area (Å²) in [7, 11) is 0. The molecule has 0 fully saturated rings. The van der Waals surface area contributed by atoms with Gasteiger partial charge in [-0.05, 0) is 24.3 Å². The molecule has 3 nitrogen and oxygen atoms in total. The minimum Gasteiger partial charge on any atom is -0.284 e. The summed E-state index contributed by atoms with van der Waals surface area (Å²) >= 11 is 0. The van der Waals surface area contributed by atoms with E-state index in [2.05, 4.69) is 0 Å². The summed E-state index contributed by atoms with van der Waals surface area (Å²) in [6.07, 6.45) is 3.24. The van der Waals surface area contributed by atoms with Crippen molar-refractivity contribution in [2.24, 2.45) is 0 Å². The summed E-state index contributed by atoms with van der Waals surface area (Å²) in [5, 5.41) is 15.1. The van der Waals surface area contributed by atoms with Gasteiger partial charge in [-0.1, -0.05) is 18.2 Å². The predicted octanol–water partition coefficient (Wildman–Crippen LogP) is 2.02. The van der Waals surface area contributed by atoms with E-state index in [1.165, 1.54) is 0 Å². The Morgan fingerprint density at radius 3 is 1.92 bits per heavy atom. The van der Waals surface area contributed by atoms with Crippen molar-refractivity contribution in [1.82, 2.24) is 0 Å². The SMILES string of the molecule is N=C1C=CC(=N)N1c1ccccc1. The number of rotatable bonds is 1. The van der Waals surface area contributed by atoms with E-state index in [0.29, 0.717) is 11.7 Å². The third-order valence-electron chi connectivity index (χ3n) is 1.90. The van der Waals surface area contributed by atoms with Gasteiger partial charge in [0, 0.05) is 5.69 Å². The van der Waals surface area contributed by atoms with Gasteiger partial charge in [0.1, 0.15) is 11.7 Å². The fourth-order valence-corrected chi connectivity index (χ4v) is 1.29. The number of nitrogens with zero attached hydrogens (tertiary/aromatic N) is 1. The highest BCUT2D eigenvalue weighted by Crippen LogP contribution is 2.17. The average molecular weight is 171 g/mol. The van der Waals surface area contributed by atoms with Gasteiger partial charge >= 0.3 is 0 Å². The Bertz CT molecular complexity index is 360. The lowest BCUT2D eigenvalue weighted by molar-refractivity contribution is 1.34. The van der Waals surface area contributed by atoms with Crippen LogP contribution in [0, 0.1) is 10.8 Å². The minimum atomic E-state index is 0.344. The number of anilines is 1. The van der Waals surface area contributed by atoms with Crippen molar-refractivity contribution < 1.29 is 0 Å². The second-order valence-electron chi connectivity index (χ2n) is 2.77. The highest BCUT2D eigenvalue weighted by atomic mass is 15.2. The maximum absolute atomic E-state index is 7.57. The largest absolute Gasteiger partial charge is 0.284 e. The van der Waals surface area contributed by atoms with Gasteiger partial charge in [-0.3, -0.25) is 15.7 Å². The molecular formula is C10H9N3. The molecule has 1 aliphatic rings. The van der Waals surface area contributed by atoms with Crippen LogP contribution < -0.4 is 4.90 Å². The Kier molecular flexibility index (Phi) is 1.70. The van der Waals surface area contributed by atoms with Crippen molar-refractivity contribution in [3.63, 3.8) is 0 Å². The summed E-state index contributed by atoms with van der Waals surface area (Å²) in [4.78, 5) is 1.58. The Morgan fingerprint density at radius 2 is 1.38 bits per heavy atom. The van der Waals surface area contributed by atoms with Crippen molar-refractivity contribution in [3.05, 3.63) is 42.5 Å². The van der Waals surface area contributed by atoms with Crippen LogP contribution in [0.5, 0.6) is 0 Å². The molecule has 0 radical (unpaired) electrons. The van der Waals surface area contributed by atoms with Gasteiger partial charge < -0.3 is 0 Å². The van der Waals surface area contributed by atoms with Crippen LogP contribution in [0.2, 0.25) is 0 Å². The number of para-hydroxylation sites is 1. The van der Waals surface area contributed by atoms with Crippen LogP contribution in [-0.2, 0) is 0 Å². The zero-order valence-corrected chi connectivity index (χ0v) is 6.99. The summed E-state index contributed by atoms with van der Waals surface area (Å²) < 4.78 is 0. The molecule has 64 valence electrons. The second-order valence-corrected chi connectivity index (χ2v) is 2.77. The molecule has 1 heterocycles. The fraction of sp³-hybridized carbons (Fsp3) is 0. The van der Waals surface area contributed by atoms with Gasteiger partial charge in [0.05, 0.1) is 0 Å². The summed E-state index contributed by atoms with van der Waals surface area (Å²) in [5.74, 6) is 0.687. The Morgan fingerprint density at radius 1 is 0.846 bits per heavy atom. The topological polar surface area (TPSA) is 50.9 Å². The van der Waals surface area contributed by atoms with Gasteiger partial charge in [0.15, 0.2) is 0 Å². The minimum absolute atomic E-state index is 0.344. The van der Waals surface area contributed by atoms with Gasteiger partial charge in [-0.15, -0.1) is 0 Å². The average Bonchev–Trinajstić information content (AvgIpc) is 2.48. The lowest BCUT2D eigenvalue weighted by atomic mass is 10.3. The van der Waals surface area contributed by atoms with Crippen molar-refractivity contribution >= 4 is 17.4 Å². The zero-order valence-electron chi connectivity index (χ0n) is 6.99. The molecule has 2 rings (SSSR count). The monoisotopic (exact) mass is 171 g/mol. The van der Waals surface area contributed by atoms with Gasteiger partial charge in [-0.25, -0.2) is 0 Å². The van der Waals surface area contributed by atoms with Crippen LogP contribution >= 0.6 is 0 Å². The first-order valence-electron chi connectivity index (χ1n) is 3.99. The highest BCUT2D eigenvalue weighted by Gasteiger charge is 2.18. The zero-order chi connectivity index (χ0) is 9.26. The Balaban J connectivity index is 2.38. The number of hydrogen-bond donors (Lipinski definition) is 2. The highest BCUT2D eigenvalue weighted by molar-refractivity contribution is 6.30. The molecule has 3 heteroatoms. The summed E-state index contributed by atoms with van der Waals surface area (Å²) in [6, 6.07) is 9.48. The molecule has 0 spiro atoms. The lowest BCUT2D eigenvalue weighted by Crippen LogP contribution is -2.28. The van der Waals surface area contributed by atoms with Crippen LogP contribution in [0.3, 0.4) is 0 Å². The molecule has 1 aliphatic heterocycles. The third kappa shape index (κ3) is 1.24. The number of amidine groups is 2. The first-order chi connectivity index (χ1) is 6.29. The van der Waals surface area contributed by atoms with Crippen molar-refractivity contribution in [1.29, 1.82) is 10.8 Å². The van der Waals surface area contributed by atoms with E-state index < -0.39 is 0 Å². The van der Waals surface area contributed by atoms with E-state index in [4.69, 9.17) is 10.8 Å². The summed E-state index contributed by atoms with van der Waals surface area (Å²) in [5.41, 5.74) is 0.863. The van der Waals surface area contributed by atoms with E-state index in [9.17, 15) is 0 Å². The van der Waals surface area contributed by atoms with Crippen molar-refractivity contribution in [2.75, 3.05) is 4.90 Å². The maximum Gasteiger partial charge on any atom is 0.131 e. The fourth-order valence-electron chi connectivity index (χ4n) is 1.29. The van der Waals surface area contributed by atoms with E-state index in [0.717, 1.165) is 5.69 Å². The molecule has 0 bridgehead atoms. The Hall–Kier alpha value is -1.90. The van der Waals surface area contributed by atoms with E-state index in [1.54, 1.807) is 17.1 Å². The molecule has 0 atom stereocenters. The van der Waals surface area contributed by atoms with Crippen LogP contribution in [0.4, 0.5) is 5.69 Å². The van der Waals surface area contributed by atoms with Crippen molar-refractivity contribution in [3.8, 4) is 0 Å². The van der Waals surface area contributed by atoms with Crippen LogP contribution in [0.25, 0.3) is 0 Å². The van der Waals surface area contributed by atoms with Crippen LogP contribution in [0.15, 0.2) is 42.5 Å². The number of benzene rings is 1. The first kappa shape index (κ1) is 7.73. The number of hydrogen-bond acceptors (Lipinski definition) is 2. The van der Waals surface area contributed by atoms with E-state index in [-0.39, 0.29) is 0 Å². The molecular weight excluding hydrogens is 162 g/mol. The van der Waals surface area contributed by atoms with E-state index >= 15 is 0 Å². The van der Waals surface area contributed by atoms with Crippen LogP contribution in [-0.4, -0.2) is 11.7 Å². The number of nitrogens with one attached hydrogen (secondary N) is 2. The van der Waals surface area contributed by atoms with Gasteiger partial charge in [-0.2, -0.15) is 0 Å². The molecule has 0 saturated heterocycles. The molecule has 0 aromatic heterocycles. The van der Waals surface area contributed by atoms with Crippen molar-refractivity contribution in [2.45, 2.75) is 0 Å². The molecule has 1 aromatic rings. The second kappa shape index (κ2) is 2.86. The van der Waals surface area contributed by atoms with Crippen LogP contribution in [0.1, 0.15) is 0 Å². The van der Waals surface area contributed by atoms with Gasteiger partial charge in [0.25, 0.3) is 0 Å². The third-order valence-corrected chi connectivity index (χ3v) is 1.90. The molecule has 1 aromatic carbocycles. The Labute approximate surface area is 76.3 Å². The summed E-state index contributed by atoms with van der Waals surface area (Å²) in [6.45, 7) is 0. The molecule has 0 aliphatic carbocycles. The predicted molar refractivity (Wildman–Crippen MR) is 53.5 cm³/mol. The van der Waals surface area contributed by atoms with E-state index in [1.807, 2.05) is 30.3 Å². The smallest absolute Gasteiger partial charge is 0.131 e. The molecule has 2 N–H and O–H groups in total. The molecule has 0 unspecified atom stereocenters. The maximum atomic E-state index is 7.57. The van der Waals surface area contributed by atoms with Gasteiger partial charge in [0.2, 0.25) is 0 Å². The normalized spacial score (nSPS) is 15.5. The molecule has 13 heavy (non-hydrogen) atoms. The first-order valence-corrected chi connectivity index (χ1v) is 3.99. The lowest BCUT2D eigenvalue weighted by Gasteiger charge is -2.17. The molecule has 0 amide bonds. The quantitative estimate of drug-likeness (QED) is 0.667. The molecule has 0 saturated carbocycles. The standard InChI is InChI=1S/C10H9N3/c11-9-6-7-10(12)13(9)8-4-2-1-3-5-8/h1-7,11-12H.